The molecule has 1 aliphatic rings. The second-order valence-electron chi connectivity index (χ2n) is 4.81. The van der Waals surface area contributed by atoms with Crippen molar-refractivity contribution in [2.75, 3.05) is 6.54 Å². The molecule has 0 bridgehead atoms. The summed E-state index contributed by atoms with van der Waals surface area (Å²) in [6.07, 6.45) is 0.686. The van der Waals surface area contributed by atoms with Crippen molar-refractivity contribution in [3.63, 3.8) is 0 Å². The van der Waals surface area contributed by atoms with E-state index in [-0.39, 0.29) is 6.04 Å². The SMILES string of the molecule is O=S(=O)(Cl)N1CCc2ccccc2[C@@H]1c1ccccc1. The molecular weight excluding hydrogens is 294 g/mol. The maximum Gasteiger partial charge on any atom is 0.300 e. The molecular formula is C15H14ClNO2S. The lowest BCUT2D eigenvalue weighted by atomic mass is 9.90. The Hall–Kier alpha value is -1.36. The third-order valence-corrected chi connectivity index (χ3v) is 5.12. The van der Waals surface area contributed by atoms with E-state index < -0.39 is 9.24 Å². The van der Waals surface area contributed by atoms with Gasteiger partial charge in [-0.1, -0.05) is 54.6 Å². The smallest absolute Gasteiger partial charge is 0.195 e. The maximum absolute atomic E-state index is 11.9. The molecule has 0 radical (unpaired) electrons. The average Bonchev–Trinajstić information content (AvgIpc) is 2.46. The second kappa shape index (κ2) is 5.20. The molecule has 1 heterocycles. The van der Waals surface area contributed by atoms with Crippen LogP contribution in [0.25, 0.3) is 0 Å². The molecule has 1 aliphatic heterocycles. The molecule has 2 aromatic carbocycles. The molecule has 0 saturated carbocycles. The molecule has 0 spiro atoms. The number of hydrogen-bond donors (Lipinski definition) is 0. The lowest BCUT2D eigenvalue weighted by Gasteiger charge is -2.34. The minimum atomic E-state index is -3.76. The van der Waals surface area contributed by atoms with Crippen LogP contribution in [0.5, 0.6) is 0 Å². The maximum atomic E-state index is 11.9. The van der Waals surface area contributed by atoms with Crippen molar-refractivity contribution in [1.29, 1.82) is 0 Å². The van der Waals surface area contributed by atoms with Crippen LogP contribution in [0.3, 0.4) is 0 Å². The molecule has 0 N–H and O–H groups in total. The predicted molar refractivity (Wildman–Crippen MR) is 79.9 cm³/mol. The van der Waals surface area contributed by atoms with Crippen LogP contribution in [0.1, 0.15) is 22.7 Å². The van der Waals surface area contributed by atoms with Crippen molar-refractivity contribution >= 4 is 19.9 Å². The number of rotatable bonds is 2. The van der Waals surface area contributed by atoms with Gasteiger partial charge in [-0.3, -0.25) is 0 Å². The topological polar surface area (TPSA) is 37.4 Å². The normalized spacial score (nSPS) is 19.6. The van der Waals surface area contributed by atoms with Crippen LogP contribution in [0.15, 0.2) is 54.6 Å². The van der Waals surface area contributed by atoms with Gasteiger partial charge in [0.1, 0.15) is 0 Å². The highest BCUT2D eigenvalue weighted by Gasteiger charge is 2.35. The van der Waals surface area contributed by atoms with Gasteiger partial charge >= 0.3 is 9.24 Å². The van der Waals surface area contributed by atoms with E-state index in [1.165, 1.54) is 9.87 Å². The summed E-state index contributed by atoms with van der Waals surface area (Å²) in [6.45, 7) is 0.405. The van der Waals surface area contributed by atoms with E-state index in [0.717, 1.165) is 11.1 Å². The van der Waals surface area contributed by atoms with Gasteiger partial charge in [-0.2, -0.15) is 12.7 Å². The Kier molecular flexibility index (Phi) is 3.54. The first-order valence-electron chi connectivity index (χ1n) is 6.41. The van der Waals surface area contributed by atoms with Crippen molar-refractivity contribution in [1.82, 2.24) is 4.31 Å². The average molecular weight is 308 g/mol. The molecule has 104 valence electrons. The first kappa shape index (κ1) is 13.6. The Morgan fingerprint density at radius 3 is 2.35 bits per heavy atom. The van der Waals surface area contributed by atoms with Gasteiger partial charge in [0.05, 0.1) is 6.04 Å². The third-order valence-electron chi connectivity index (χ3n) is 3.63. The van der Waals surface area contributed by atoms with Gasteiger partial charge in [-0.15, -0.1) is 0 Å². The molecule has 0 aliphatic carbocycles. The fraction of sp³-hybridized carbons (Fsp3) is 0.200. The Bertz CT molecular complexity index is 716. The Morgan fingerprint density at radius 2 is 1.65 bits per heavy atom. The molecule has 0 fully saturated rings. The van der Waals surface area contributed by atoms with Crippen LogP contribution in [0.4, 0.5) is 0 Å². The predicted octanol–water partition coefficient (Wildman–Crippen LogP) is 3.12. The molecule has 0 saturated heterocycles. The molecule has 3 nitrogen and oxygen atoms in total. The van der Waals surface area contributed by atoms with Crippen molar-refractivity contribution < 1.29 is 8.42 Å². The van der Waals surface area contributed by atoms with Gasteiger partial charge in [0.25, 0.3) is 0 Å². The van der Waals surface area contributed by atoms with Gasteiger partial charge in [-0.05, 0) is 23.1 Å². The highest BCUT2D eigenvalue weighted by Crippen LogP contribution is 2.37. The molecule has 20 heavy (non-hydrogen) atoms. The number of nitrogens with zero attached hydrogens (tertiary/aromatic N) is 1. The minimum Gasteiger partial charge on any atom is -0.195 e. The second-order valence-corrected chi connectivity index (χ2v) is 7.28. The van der Waals surface area contributed by atoms with E-state index >= 15 is 0 Å². The van der Waals surface area contributed by atoms with Crippen LogP contribution in [0, 0.1) is 0 Å². The summed E-state index contributed by atoms with van der Waals surface area (Å²) in [4.78, 5) is 0. The van der Waals surface area contributed by atoms with E-state index in [1.807, 2.05) is 54.6 Å². The summed E-state index contributed by atoms with van der Waals surface area (Å²) in [6, 6.07) is 17.2. The molecule has 0 amide bonds. The number of halogens is 1. The summed E-state index contributed by atoms with van der Waals surface area (Å²) in [5.74, 6) is 0. The van der Waals surface area contributed by atoms with Crippen molar-refractivity contribution in [3.8, 4) is 0 Å². The van der Waals surface area contributed by atoms with Gasteiger partial charge in [-0.25, -0.2) is 0 Å². The fourth-order valence-electron chi connectivity index (χ4n) is 2.76. The van der Waals surface area contributed by atoms with Gasteiger partial charge in [0.15, 0.2) is 0 Å². The molecule has 0 unspecified atom stereocenters. The lowest BCUT2D eigenvalue weighted by Crippen LogP contribution is -2.38. The first-order valence-corrected chi connectivity index (χ1v) is 8.68. The van der Waals surface area contributed by atoms with Crippen molar-refractivity contribution in [2.45, 2.75) is 12.5 Å². The number of fused-ring (bicyclic) bond motifs is 1. The van der Waals surface area contributed by atoms with Gasteiger partial charge in [0, 0.05) is 17.2 Å². The van der Waals surface area contributed by atoms with E-state index in [0.29, 0.717) is 13.0 Å². The lowest BCUT2D eigenvalue weighted by molar-refractivity contribution is 0.352. The van der Waals surface area contributed by atoms with Crippen LogP contribution < -0.4 is 0 Å². The summed E-state index contributed by atoms with van der Waals surface area (Å²) < 4.78 is 25.1. The standard InChI is InChI=1S/C15H14ClNO2S/c16-20(18,19)17-11-10-12-6-4-5-9-14(12)15(17)13-7-2-1-3-8-13/h1-9,15H,10-11H2/t15-/m0/s1. The summed E-state index contributed by atoms with van der Waals surface area (Å²) >= 11 is 0. The van der Waals surface area contributed by atoms with Crippen LogP contribution >= 0.6 is 10.7 Å². The summed E-state index contributed by atoms with van der Waals surface area (Å²) in [5.41, 5.74) is 3.12. The van der Waals surface area contributed by atoms with Crippen LogP contribution in [-0.4, -0.2) is 19.3 Å². The monoisotopic (exact) mass is 307 g/mol. The van der Waals surface area contributed by atoms with E-state index in [2.05, 4.69) is 0 Å². The van der Waals surface area contributed by atoms with Crippen LogP contribution in [-0.2, 0) is 15.7 Å². The van der Waals surface area contributed by atoms with Gasteiger partial charge in [0.2, 0.25) is 0 Å². The summed E-state index contributed by atoms with van der Waals surface area (Å²) in [7, 11) is 1.86. The number of hydrogen-bond acceptors (Lipinski definition) is 2. The van der Waals surface area contributed by atoms with E-state index in [9.17, 15) is 8.42 Å². The zero-order chi connectivity index (χ0) is 14.2. The molecule has 1 atom stereocenters. The Morgan fingerprint density at radius 1 is 1.00 bits per heavy atom. The largest absolute Gasteiger partial charge is 0.300 e. The summed E-state index contributed by atoms with van der Waals surface area (Å²) in [5, 5.41) is 0. The fourth-order valence-corrected chi connectivity index (χ4v) is 4.00. The Labute approximate surface area is 123 Å². The van der Waals surface area contributed by atoms with E-state index in [4.69, 9.17) is 10.7 Å². The molecule has 0 aromatic heterocycles. The molecule has 2 aromatic rings. The minimum absolute atomic E-state index is 0.344. The number of benzene rings is 2. The van der Waals surface area contributed by atoms with E-state index in [1.54, 1.807) is 0 Å². The van der Waals surface area contributed by atoms with Crippen molar-refractivity contribution in [3.05, 3.63) is 71.3 Å². The quantitative estimate of drug-likeness (QED) is 0.799. The zero-order valence-electron chi connectivity index (χ0n) is 10.7. The van der Waals surface area contributed by atoms with Gasteiger partial charge < -0.3 is 0 Å². The van der Waals surface area contributed by atoms with Crippen LogP contribution in [0.2, 0.25) is 0 Å². The third kappa shape index (κ3) is 2.46. The molecule has 5 heteroatoms. The van der Waals surface area contributed by atoms with Crippen molar-refractivity contribution in [2.24, 2.45) is 0 Å². The highest BCUT2D eigenvalue weighted by molar-refractivity contribution is 8.11. The Balaban J connectivity index is 2.18. The first-order chi connectivity index (χ1) is 9.57. The molecule has 3 rings (SSSR count). The zero-order valence-corrected chi connectivity index (χ0v) is 12.3. The highest BCUT2D eigenvalue weighted by atomic mass is 35.7.